The van der Waals surface area contributed by atoms with Gasteiger partial charge in [-0.1, -0.05) is 32.6 Å². The van der Waals surface area contributed by atoms with E-state index in [0.717, 1.165) is 18.9 Å². The Balaban J connectivity index is 3.23. The van der Waals surface area contributed by atoms with Crippen molar-refractivity contribution >= 4 is 5.97 Å². The smallest absolute Gasteiger partial charge is 0.329 e. The van der Waals surface area contributed by atoms with Crippen LogP contribution in [0.4, 0.5) is 0 Å². The average Bonchev–Trinajstić information content (AvgIpc) is 3.25. The van der Waals surface area contributed by atoms with Gasteiger partial charge in [0.15, 0.2) is 0 Å². The molecule has 0 amide bonds. The molecule has 1 saturated carbocycles. The second kappa shape index (κ2) is 6.78. The van der Waals surface area contributed by atoms with E-state index < -0.39 is 17.0 Å². The molecule has 0 bridgehead atoms. The van der Waals surface area contributed by atoms with Crippen molar-refractivity contribution in [1.82, 2.24) is 0 Å². The minimum absolute atomic E-state index is 0.0879. The molecule has 0 spiro atoms. The molecule has 2 N–H and O–H groups in total. The second-order valence-corrected chi connectivity index (χ2v) is 5.59. The quantitative estimate of drug-likeness (QED) is 0.582. The normalized spacial score (nSPS) is 19.1. The van der Waals surface area contributed by atoms with Crippen molar-refractivity contribution in [2.75, 3.05) is 0 Å². The number of aliphatic hydroxyl groups is 1. The van der Waals surface area contributed by atoms with E-state index in [1.807, 2.05) is 20.8 Å². The van der Waals surface area contributed by atoms with E-state index in [2.05, 4.69) is 17.9 Å². The number of aliphatic carboxylic acids is 1. The standard InChI is InChI=1S/C17H23NO3/c1-4-13(11-15(19)20)7-8-17(21,14(5-2)6-3)16(12-18)9-10-16/h11,14,21H,4-6,9-10H2,1-3H3,(H,19,20)/b13-11-. The van der Waals surface area contributed by atoms with E-state index in [-0.39, 0.29) is 5.92 Å². The van der Waals surface area contributed by atoms with Crippen LogP contribution in [0.2, 0.25) is 0 Å². The predicted molar refractivity (Wildman–Crippen MR) is 80.1 cm³/mol. The highest BCUT2D eigenvalue weighted by Gasteiger charge is 2.61. The van der Waals surface area contributed by atoms with Crippen LogP contribution in [0, 0.1) is 34.5 Å². The molecule has 21 heavy (non-hydrogen) atoms. The fourth-order valence-corrected chi connectivity index (χ4v) is 2.75. The highest BCUT2D eigenvalue weighted by Crippen LogP contribution is 2.57. The first-order chi connectivity index (χ1) is 9.89. The lowest BCUT2D eigenvalue weighted by atomic mass is 9.73. The Morgan fingerprint density at radius 3 is 2.29 bits per heavy atom. The van der Waals surface area contributed by atoms with Gasteiger partial charge in [-0.3, -0.25) is 0 Å². The number of nitrogens with zero attached hydrogens (tertiary/aromatic N) is 1. The van der Waals surface area contributed by atoms with Gasteiger partial charge in [-0.15, -0.1) is 0 Å². The number of allylic oxidation sites excluding steroid dienone is 1. The summed E-state index contributed by atoms with van der Waals surface area (Å²) < 4.78 is 0. The fourth-order valence-electron chi connectivity index (χ4n) is 2.75. The van der Waals surface area contributed by atoms with E-state index in [0.29, 0.717) is 24.8 Å². The maximum absolute atomic E-state index is 11.1. The molecule has 0 aromatic heterocycles. The van der Waals surface area contributed by atoms with Gasteiger partial charge in [-0.05, 0) is 32.1 Å². The van der Waals surface area contributed by atoms with E-state index in [1.54, 1.807) is 0 Å². The van der Waals surface area contributed by atoms with Gasteiger partial charge in [0.1, 0.15) is 5.60 Å². The zero-order valence-electron chi connectivity index (χ0n) is 12.9. The van der Waals surface area contributed by atoms with Gasteiger partial charge in [0, 0.05) is 17.6 Å². The van der Waals surface area contributed by atoms with Crippen LogP contribution < -0.4 is 0 Å². The molecule has 1 atom stereocenters. The third-order valence-electron chi connectivity index (χ3n) is 4.36. The zero-order chi connectivity index (χ0) is 16.1. The summed E-state index contributed by atoms with van der Waals surface area (Å²) in [6.07, 6.45) is 4.30. The van der Waals surface area contributed by atoms with E-state index in [4.69, 9.17) is 5.11 Å². The topological polar surface area (TPSA) is 81.3 Å². The first kappa shape index (κ1) is 17.3. The van der Waals surface area contributed by atoms with Crippen molar-refractivity contribution < 1.29 is 15.0 Å². The summed E-state index contributed by atoms with van der Waals surface area (Å²) in [5, 5.41) is 29.3. The molecule has 0 radical (unpaired) electrons. The summed E-state index contributed by atoms with van der Waals surface area (Å²) in [7, 11) is 0. The summed E-state index contributed by atoms with van der Waals surface area (Å²) in [6, 6.07) is 2.24. The number of carboxylic acid groups (broad SMARTS) is 1. The van der Waals surface area contributed by atoms with Gasteiger partial charge in [-0.25, -0.2) is 4.79 Å². The van der Waals surface area contributed by atoms with E-state index in [1.165, 1.54) is 0 Å². The lowest BCUT2D eigenvalue weighted by Gasteiger charge is -2.34. The molecular formula is C17H23NO3. The van der Waals surface area contributed by atoms with Gasteiger partial charge in [0.2, 0.25) is 0 Å². The van der Waals surface area contributed by atoms with E-state index in [9.17, 15) is 15.2 Å². The molecule has 1 unspecified atom stereocenters. The molecule has 4 nitrogen and oxygen atoms in total. The summed E-state index contributed by atoms with van der Waals surface area (Å²) in [5.74, 6) is 4.52. The lowest BCUT2D eigenvalue weighted by molar-refractivity contribution is -0.131. The molecule has 114 valence electrons. The Hall–Kier alpha value is -1.78. The van der Waals surface area contributed by atoms with Crippen molar-refractivity contribution in [1.29, 1.82) is 5.26 Å². The summed E-state index contributed by atoms with van der Waals surface area (Å²) in [5.41, 5.74) is -1.70. The number of carbonyl (C=O) groups is 1. The van der Waals surface area contributed by atoms with Crippen LogP contribution in [0.25, 0.3) is 0 Å². The monoisotopic (exact) mass is 289 g/mol. The maximum Gasteiger partial charge on any atom is 0.329 e. The number of hydrogen-bond acceptors (Lipinski definition) is 3. The third kappa shape index (κ3) is 3.46. The number of carboxylic acids is 1. The van der Waals surface area contributed by atoms with Gasteiger partial charge < -0.3 is 10.2 Å². The Bertz CT molecular complexity index is 524. The Morgan fingerprint density at radius 1 is 1.38 bits per heavy atom. The van der Waals surface area contributed by atoms with Crippen LogP contribution in [0.15, 0.2) is 11.6 Å². The highest BCUT2D eigenvalue weighted by atomic mass is 16.4. The Kier molecular flexibility index (Phi) is 5.58. The van der Waals surface area contributed by atoms with Crippen LogP contribution in [0.3, 0.4) is 0 Å². The largest absolute Gasteiger partial charge is 0.478 e. The van der Waals surface area contributed by atoms with Crippen LogP contribution in [-0.2, 0) is 4.79 Å². The third-order valence-corrected chi connectivity index (χ3v) is 4.36. The first-order valence-electron chi connectivity index (χ1n) is 7.49. The minimum atomic E-state index is -1.36. The van der Waals surface area contributed by atoms with Gasteiger partial charge in [-0.2, -0.15) is 5.26 Å². The molecule has 1 rings (SSSR count). The van der Waals surface area contributed by atoms with Gasteiger partial charge in [0.05, 0.1) is 11.5 Å². The number of nitriles is 1. The molecule has 0 heterocycles. The average molecular weight is 289 g/mol. The molecule has 0 aromatic carbocycles. The van der Waals surface area contributed by atoms with Crippen LogP contribution in [0.1, 0.15) is 52.9 Å². The van der Waals surface area contributed by atoms with Crippen molar-refractivity contribution in [3.63, 3.8) is 0 Å². The van der Waals surface area contributed by atoms with Crippen molar-refractivity contribution in [3.05, 3.63) is 11.6 Å². The van der Waals surface area contributed by atoms with Crippen molar-refractivity contribution in [2.24, 2.45) is 11.3 Å². The molecule has 0 aromatic rings. The highest BCUT2D eigenvalue weighted by molar-refractivity contribution is 5.81. The molecular weight excluding hydrogens is 266 g/mol. The SMILES string of the molecule is CC/C(C#CC(O)(C(CC)CC)C1(C#N)CC1)=C/C(=O)O. The lowest BCUT2D eigenvalue weighted by Crippen LogP contribution is -2.44. The summed E-state index contributed by atoms with van der Waals surface area (Å²) in [6.45, 7) is 5.76. The van der Waals surface area contributed by atoms with Gasteiger partial charge in [0.25, 0.3) is 0 Å². The molecule has 0 saturated heterocycles. The second-order valence-electron chi connectivity index (χ2n) is 5.59. The minimum Gasteiger partial charge on any atom is -0.478 e. The first-order valence-corrected chi connectivity index (χ1v) is 7.49. The molecule has 4 heteroatoms. The van der Waals surface area contributed by atoms with E-state index >= 15 is 0 Å². The van der Waals surface area contributed by atoms with Crippen molar-refractivity contribution in [3.8, 4) is 17.9 Å². The fraction of sp³-hybridized carbons (Fsp3) is 0.647. The Labute approximate surface area is 126 Å². The predicted octanol–water partition coefficient (Wildman–Crippen LogP) is 2.88. The number of hydrogen-bond donors (Lipinski definition) is 2. The van der Waals surface area contributed by atoms with Crippen LogP contribution in [0.5, 0.6) is 0 Å². The molecule has 1 aliphatic rings. The Morgan fingerprint density at radius 2 is 1.95 bits per heavy atom. The summed E-state index contributed by atoms with van der Waals surface area (Å²) >= 11 is 0. The summed E-state index contributed by atoms with van der Waals surface area (Å²) in [4.78, 5) is 10.7. The van der Waals surface area contributed by atoms with Crippen molar-refractivity contribution in [2.45, 2.75) is 58.5 Å². The van der Waals surface area contributed by atoms with Crippen LogP contribution >= 0.6 is 0 Å². The molecule has 1 aliphatic carbocycles. The number of rotatable bonds is 6. The zero-order valence-corrected chi connectivity index (χ0v) is 12.9. The maximum atomic E-state index is 11.1. The van der Waals surface area contributed by atoms with Crippen LogP contribution in [-0.4, -0.2) is 21.8 Å². The van der Waals surface area contributed by atoms with Gasteiger partial charge >= 0.3 is 5.97 Å². The molecule has 0 aliphatic heterocycles. The molecule has 1 fully saturated rings.